The lowest BCUT2D eigenvalue weighted by atomic mass is 9.93. The van der Waals surface area contributed by atoms with E-state index in [4.69, 9.17) is 18.1 Å². The predicted octanol–water partition coefficient (Wildman–Crippen LogP) is 0.200. The fraction of sp³-hybridized carbons (Fsp3) is 0.143. The zero-order valence-electron chi connectivity index (χ0n) is 5.63. The zero-order chi connectivity index (χ0) is 7.72. The van der Waals surface area contributed by atoms with Gasteiger partial charge in [0.2, 0.25) is 0 Å². The Morgan fingerprint density at radius 2 is 1.60 bits per heavy atom. The molecule has 0 spiro atoms. The molecule has 0 saturated carbocycles. The van der Waals surface area contributed by atoms with Crippen LogP contribution in [-0.2, 0) is 0 Å². The van der Waals surface area contributed by atoms with Crippen LogP contribution in [0.4, 0.5) is 0 Å². The fourth-order valence-electron chi connectivity index (χ4n) is 0.760. The van der Waals surface area contributed by atoms with E-state index in [1.54, 1.807) is 6.92 Å². The van der Waals surface area contributed by atoms with Crippen molar-refractivity contribution in [1.29, 1.82) is 0 Å². The number of hydrogen-bond acceptors (Lipinski definition) is 2. The summed E-state index contributed by atoms with van der Waals surface area (Å²) in [7, 11) is 5.25. The molecule has 0 unspecified atom stereocenters. The summed E-state index contributed by atoms with van der Waals surface area (Å²) in [6, 6.07) is 2.99. The molecular weight excluding hydrogens is 127 g/mol. The fourth-order valence-corrected chi connectivity index (χ4v) is 0.760. The molecule has 50 valence electrons. The van der Waals surface area contributed by atoms with E-state index < -0.39 is 0 Å². The monoisotopic (exact) mass is 134 g/mol. The summed E-state index contributed by atoms with van der Waals surface area (Å²) < 4.78 is 0. The van der Waals surface area contributed by atoms with Crippen LogP contribution in [0.25, 0.3) is 0 Å². The van der Waals surface area contributed by atoms with Gasteiger partial charge in [0.1, 0.15) is 19.3 Å². The first-order valence-corrected chi connectivity index (χ1v) is 2.89. The summed E-state index contributed by atoms with van der Waals surface area (Å²) in [5, 5.41) is 18.0. The maximum atomic E-state index is 9.00. The Balaban J connectivity index is 3.31. The molecule has 1 rings (SSSR count). The average molecular weight is 134 g/mol. The summed E-state index contributed by atoms with van der Waals surface area (Å²) in [4.78, 5) is 0. The minimum atomic E-state index is -0.0718. The van der Waals surface area contributed by atoms with E-state index in [2.05, 4.69) is 0 Å². The number of phenols is 2. The van der Waals surface area contributed by atoms with Gasteiger partial charge in [0.15, 0.2) is 0 Å². The molecule has 0 aliphatic rings. The highest BCUT2D eigenvalue weighted by Crippen LogP contribution is 2.15. The number of aryl methyl sites for hydroxylation is 1. The Morgan fingerprint density at radius 1 is 1.20 bits per heavy atom. The molecule has 1 aromatic rings. The first-order valence-electron chi connectivity index (χ1n) is 2.89. The van der Waals surface area contributed by atoms with Gasteiger partial charge in [-0.05, 0) is 30.1 Å². The minimum Gasteiger partial charge on any atom is -0.508 e. The van der Waals surface area contributed by atoms with Gasteiger partial charge >= 0.3 is 0 Å². The molecule has 2 nitrogen and oxygen atoms in total. The quantitative estimate of drug-likeness (QED) is 0.497. The van der Waals surface area contributed by atoms with Crippen LogP contribution in [0.2, 0.25) is 0 Å². The van der Waals surface area contributed by atoms with Crippen molar-refractivity contribution in [3.63, 3.8) is 0 Å². The molecule has 0 saturated heterocycles. The van der Waals surface area contributed by atoms with Crippen LogP contribution in [0.5, 0.6) is 11.5 Å². The van der Waals surface area contributed by atoms with Gasteiger partial charge in [0.05, 0.1) is 0 Å². The second-order valence-electron chi connectivity index (χ2n) is 2.22. The molecule has 0 bridgehead atoms. The van der Waals surface area contributed by atoms with E-state index in [0.29, 0.717) is 0 Å². The first-order chi connectivity index (χ1) is 4.61. The Kier molecular flexibility index (Phi) is 1.58. The summed E-state index contributed by atoms with van der Waals surface area (Å²) in [5.41, 5.74) is 0.815. The normalized spacial score (nSPS) is 9.70. The molecule has 0 aliphatic heterocycles. The molecule has 0 aliphatic carbocycles. The predicted molar refractivity (Wildman–Crippen MR) is 39.9 cm³/mol. The summed E-state index contributed by atoms with van der Waals surface area (Å²) in [6.07, 6.45) is 0. The summed E-state index contributed by atoms with van der Waals surface area (Å²) in [5.74, 6) is -0.144. The number of benzene rings is 1. The van der Waals surface area contributed by atoms with Crippen LogP contribution < -0.4 is 5.46 Å². The van der Waals surface area contributed by atoms with Gasteiger partial charge in [-0.3, -0.25) is 0 Å². The largest absolute Gasteiger partial charge is 0.508 e. The molecule has 1 aromatic carbocycles. The van der Waals surface area contributed by atoms with Gasteiger partial charge in [-0.25, -0.2) is 0 Å². The zero-order valence-corrected chi connectivity index (χ0v) is 5.63. The Hall–Kier alpha value is -1.12. The third-order valence-electron chi connectivity index (χ3n) is 1.28. The van der Waals surface area contributed by atoms with Gasteiger partial charge in [0.25, 0.3) is 0 Å². The third kappa shape index (κ3) is 1.08. The van der Waals surface area contributed by atoms with Gasteiger partial charge < -0.3 is 10.2 Å². The average Bonchev–Trinajstić information content (AvgIpc) is 1.82. The molecule has 10 heavy (non-hydrogen) atoms. The van der Waals surface area contributed by atoms with Crippen molar-refractivity contribution < 1.29 is 10.2 Å². The maximum absolute atomic E-state index is 9.00. The molecular formula is C7H7BO2. The van der Waals surface area contributed by atoms with Gasteiger partial charge in [0, 0.05) is 0 Å². The maximum Gasteiger partial charge on any atom is 0.124 e. The Bertz CT molecular complexity index is 235. The standard InChI is InChI=1S/C7H7BO2/c1-4-2-5(9)7(8)6(10)3-4/h2-3,9-10H,1H3. The molecule has 3 heteroatoms. The number of hydrogen-bond donors (Lipinski definition) is 2. The smallest absolute Gasteiger partial charge is 0.124 e. The summed E-state index contributed by atoms with van der Waals surface area (Å²) >= 11 is 0. The Labute approximate surface area is 60.5 Å². The first kappa shape index (κ1) is 7.00. The van der Waals surface area contributed by atoms with Gasteiger partial charge in [-0.15, -0.1) is 0 Å². The van der Waals surface area contributed by atoms with Crippen molar-refractivity contribution >= 4 is 13.3 Å². The molecule has 2 radical (unpaired) electrons. The van der Waals surface area contributed by atoms with Gasteiger partial charge in [-0.1, -0.05) is 0 Å². The van der Waals surface area contributed by atoms with Crippen LogP contribution >= 0.6 is 0 Å². The molecule has 0 heterocycles. The second kappa shape index (κ2) is 2.25. The van der Waals surface area contributed by atoms with E-state index in [1.165, 1.54) is 12.1 Å². The van der Waals surface area contributed by atoms with Crippen LogP contribution in [0.15, 0.2) is 12.1 Å². The van der Waals surface area contributed by atoms with Crippen molar-refractivity contribution in [2.75, 3.05) is 0 Å². The number of aromatic hydroxyl groups is 2. The van der Waals surface area contributed by atoms with Crippen LogP contribution in [0.1, 0.15) is 5.56 Å². The highest BCUT2D eigenvalue weighted by molar-refractivity contribution is 6.36. The van der Waals surface area contributed by atoms with Crippen molar-refractivity contribution in [1.82, 2.24) is 0 Å². The van der Waals surface area contributed by atoms with E-state index in [1.807, 2.05) is 0 Å². The lowest BCUT2D eigenvalue weighted by Crippen LogP contribution is -2.03. The molecule has 0 aromatic heterocycles. The Morgan fingerprint density at radius 3 is 2.00 bits per heavy atom. The minimum absolute atomic E-state index is 0.0330. The topological polar surface area (TPSA) is 40.5 Å². The lowest BCUT2D eigenvalue weighted by molar-refractivity contribution is 0.457. The molecule has 0 atom stereocenters. The van der Waals surface area contributed by atoms with Crippen LogP contribution in [-0.4, -0.2) is 18.1 Å². The van der Waals surface area contributed by atoms with Crippen molar-refractivity contribution in [3.05, 3.63) is 17.7 Å². The SMILES string of the molecule is [B]c1c(O)cc(C)cc1O. The highest BCUT2D eigenvalue weighted by Gasteiger charge is 2.00. The molecule has 2 N–H and O–H groups in total. The second-order valence-corrected chi connectivity index (χ2v) is 2.22. The highest BCUT2D eigenvalue weighted by atomic mass is 16.3. The molecule has 0 fully saturated rings. The van der Waals surface area contributed by atoms with Crippen molar-refractivity contribution in [2.24, 2.45) is 0 Å². The van der Waals surface area contributed by atoms with Crippen molar-refractivity contribution in [3.8, 4) is 11.5 Å². The number of rotatable bonds is 0. The van der Waals surface area contributed by atoms with Crippen molar-refractivity contribution in [2.45, 2.75) is 6.92 Å². The molecule has 0 amide bonds. The van der Waals surface area contributed by atoms with Crippen LogP contribution in [0, 0.1) is 6.92 Å². The van der Waals surface area contributed by atoms with Crippen LogP contribution in [0.3, 0.4) is 0 Å². The van der Waals surface area contributed by atoms with E-state index in [0.717, 1.165) is 5.56 Å². The van der Waals surface area contributed by atoms with E-state index in [-0.39, 0.29) is 17.0 Å². The van der Waals surface area contributed by atoms with E-state index in [9.17, 15) is 0 Å². The third-order valence-corrected chi connectivity index (χ3v) is 1.28. The lowest BCUT2D eigenvalue weighted by Gasteiger charge is -2.02. The van der Waals surface area contributed by atoms with Gasteiger partial charge in [-0.2, -0.15) is 0 Å². The number of phenolic OH excluding ortho intramolecular Hbond substituents is 2. The van der Waals surface area contributed by atoms with E-state index >= 15 is 0 Å². The summed E-state index contributed by atoms with van der Waals surface area (Å²) in [6.45, 7) is 1.76.